The second-order valence-electron chi connectivity index (χ2n) is 8.49. The van der Waals surface area contributed by atoms with Crippen LogP contribution in [0.4, 0.5) is 0 Å². The predicted octanol–water partition coefficient (Wildman–Crippen LogP) is 3.70. The van der Waals surface area contributed by atoms with Gasteiger partial charge >= 0.3 is 19.8 Å². The zero-order valence-corrected chi connectivity index (χ0v) is 22.0. The van der Waals surface area contributed by atoms with Crippen molar-refractivity contribution in [3.63, 3.8) is 0 Å². The summed E-state index contributed by atoms with van der Waals surface area (Å²) in [5.41, 5.74) is 0. The third-order valence-corrected chi connectivity index (χ3v) is 6.15. The minimum atomic E-state index is -4.70. The zero-order chi connectivity index (χ0) is 26.5. The minimum absolute atomic E-state index is 0.108. The SMILES string of the molecule is CCCCCCCCCCCCCC(=O)NC(COP(=O)(O)OCC(O)COC(=O)CC)C(=O)O. The van der Waals surface area contributed by atoms with Crippen molar-refractivity contribution in [2.75, 3.05) is 19.8 Å². The number of carboxylic acids is 1. The van der Waals surface area contributed by atoms with Crippen LogP contribution < -0.4 is 5.32 Å². The van der Waals surface area contributed by atoms with Crippen molar-refractivity contribution in [3.05, 3.63) is 0 Å². The molecule has 3 atom stereocenters. The summed E-state index contributed by atoms with van der Waals surface area (Å²) in [5.74, 6) is -2.47. The molecule has 0 radical (unpaired) electrons. The van der Waals surface area contributed by atoms with E-state index in [-0.39, 0.29) is 12.8 Å². The summed E-state index contributed by atoms with van der Waals surface area (Å²) in [6.45, 7) is 1.86. The lowest BCUT2D eigenvalue weighted by Gasteiger charge is -2.18. The van der Waals surface area contributed by atoms with Gasteiger partial charge in [0, 0.05) is 12.8 Å². The van der Waals surface area contributed by atoms with E-state index < -0.39 is 57.6 Å². The van der Waals surface area contributed by atoms with Gasteiger partial charge in [-0.05, 0) is 6.42 Å². The summed E-state index contributed by atoms with van der Waals surface area (Å²) in [6.07, 6.45) is 11.3. The number of ether oxygens (including phenoxy) is 1. The second kappa shape index (κ2) is 20.7. The first-order valence-corrected chi connectivity index (χ1v) is 14.1. The van der Waals surface area contributed by atoms with Crippen LogP contribution in [-0.2, 0) is 32.7 Å². The van der Waals surface area contributed by atoms with Gasteiger partial charge in [-0.15, -0.1) is 0 Å². The molecule has 4 N–H and O–H groups in total. The van der Waals surface area contributed by atoms with Crippen molar-refractivity contribution >= 4 is 25.7 Å². The van der Waals surface area contributed by atoms with E-state index in [0.29, 0.717) is 6.42 Å². The smallest absolute Gasteiger partial charge is 0.472 e. The third-order valence-electron chi connectivity index (χ3n) is 5.20. The van der Waals surface area contributed by atoms with E-state index in [2.05, 4.69) is 26.0 Å². The standard InChI is InChI=1S/C23H44NO10P/c1-3-5-6-7-8-9-10-11-12-13-14-15-21(26)24-20(23(28)29)18-34-35(30,31)33-17-19(25)16-32-22(27)4-2/h19-20,25H,3-18H2,1-2H3,(H,24,26)(H,28,29)(H,30,31). The molecule has 0 saturated carbocycles. The van der Waals surface area contributed by atoms with Crippen LogP contribution >= 0.6 is 7.82 Å². The number of carbonyl (C=O) groups is 3. The van der Waals surface area contributed by atoms with Crippen LogP contribution in [0.5, 0.6) is 0 Å². The Bertz CT molecular complexity index is 646. The maximum absolute atomic E-state index is 12.0. The zero-order valence-electron chi connectivity index (χ0n) is 21.1. The van der Waals surface area contributed by atoms with Gasteiger partial charge in [0.1, 0.15) is 12.7 Å². The van der Waals surface area contributed by atoms with E-state index in [9.17, 15) is 34.1 Å². The number of phosphoric acid groups is 1. The van der Waals surface area contributed by atoms with Crippen molar-refractivity contribution in [1.29, 1.82) is 0 Å². The molecule has 206 valence electrons. The average Bonchev–Trinajstić information content (AvgIpc) is 2.82. The van der Waals surface area contributed by atoms with Crippen LogP contribution in [0, 0.1) is 0 Å². The Balaban J connectivity index is 4.07. The van der Waals surface area contributed by atoms with Crippen molar-refractivity contribution in [1.82, 2.24) is 5.32 Å². The van der Waals surface area contributed by atoms with Crippen LogP contribution in [0.1, 0.15) is 97.3 Å². The first-order chi connectivity index (χ1) is 16.6. The Labute approximate surface area is 208 Å². The highest BCUT2D eigenvalue weighted by atomic mass is 31.2. The van der Waals surface area contributed by atoms with Crippen LogP contribution in [0.2, 0.25) is 0 Å². The van der Waals surface area contributed by atoms with E-state index in [1.807, 2.05) is 0 Å². The molecule has 0 heterocycles. The number of hydrogen-bond donors (Lipinski definition) is 4. The quantitative estimate of drug-likeness (QED) is 0.0876. The van der Waals surface area contributed by atoms with Crippen molar-refractivity contribution < 1.29 is 47.8 Å². The highest BCUT2D eigenvalue weighted by Gasteiger charge is 2.28. The molecular weight excluding hydrogens is 481 g/mol. The molecule has 0 aliphatic heterocycles. The molecule has 0 aromatic rings. The molecule has 3 unspecified atom stereocenters. The molecule has 0 saturated heterocycles. The Morgan fingerprint density at radius 1 is 0.829 bits per heavy atom. The lowest BCUT2D eigenvalue weighted by molar-refractivity contribution is -0.146. The van der Waals surface area contributed by atoms with Crippen LogP contribution in [0.3, 0.4) is 0 Å². The molecule has 11 nitrogen and oxygen atoms in total. The molecule has 0 aliphatic carbocycles. The fraction of sp³-hybridized carbons (Fsp3) is 0.870. The molecule has 1 amide bonds. The highest BCUT2D eigenvalue weighted by Crippen LogP contribution is 2.43. The van der Waals surface area contributed by atoms with Gasteiger partial charge in [-0.3, -0.25) is 18.6 Å². The van der Waals surface area contributed by atoms with E-state index in [1.54, 1.807) is 6.92 Å². The maximum Gasteiger partial charge on any atom is 0.472 e. The largest absolute Gasteiger partial charge is 0.480 e. The summed E-state index contributed by atoms with van der Waals surface area (Å²) in [7, 11) is -4.70. The topological polar surface area (TPSA) is 169 Å². The first-order valence-electron chi connectivity index (χ1n) is 12.6. The number of amides is 1. The normalized spacial score (nSPS) is 14.6. The summed E-state index contributed by atoms with van der Waals surface area (Å²) in [4.78, 5) is 44.1. The number of esters is 1. The number of hydrogen-bond acceptors (Lipinski definition) is 8. The first kappa shape index (κ1) is 33.5. The fourth-order valence-electron chi connectivity index (χ4n) is 3.12. The lowest BCUT2D eigenvalue weighted by Crippen LogP contribution is -2.43. The summed E-state index contributed by atoms with van der Waals surface area (Å²) >= 11 is 0. The Hall–Kier alpha value is -1.52. The Morgan fingerprint density at radius 2 is 1.34 bits per heavy atom. The lowest BCUT2D eigenvalue weighted by atomic mass is 10.1. The van der Waals surface area contributed by atoms with Gasteiger partial charge in [0.25, 0.3) is 0 Å². The number of carbonyl (C=O) groups excluding carboxylic acids is 2. The number of aliphatic hydroxyl groups excluding tert-OH is 1. The molecule has 0 aromatic carbocycles. The van der Waals surface area contributed by atoms with Crippen molar-refractivity contribution in [2.45, 2.75) is 109 Å². The van der Waals surface area contributed by atoms with E-state index in [0.717, 1.165) is 19.3 Å². The van der Waals surface area contributed by atoms with Gasteiger partial charge in [-0.1, -0.05) is 78.1 Å². The average molecular weight is 526 g/mol. The number of phosphoric ester groups is 1. The van der Waals surface area contributed by atoms with Crippen LogP contribution in [-0.4, -0.2) is 64.9 Å². The number of aliphatic hydroxyl groups is 1. The molecule has 0 spiro atoms. The Kier molecular flexibility index (Phi) is 19.8. The highest BCUT2D eigenvalue weighted by molar-refractivity contribution is 7.47. The van der Waals surface area contributed by atoms with E-state index >= 15 is 0 Å². The van der Waals surface area contributed by atoms with Crippen LogP contribution in [0.15, 0.2) is 0 Å². The number of unbranched alkanes of at least 4 members (excludes halogenated alkanes) is 10. The molecule has 0 aliphatic rings. The van der Waals surface area contributed by atoms with Gasteiger partial charge in [-0.2, -0.15) is 0 Å². The molecule has 0 bridgehead atoms. The second-order valence-corrected chi connectivity index (χ2v) is 9.95. The Morgan fingerprint density at radius 3 is 1.86 bits per heavy atom. The van der Waals surface area contributed by atoms with Gasteiger partial charge in [0.2, 0.25) is 5.91 Å². The number of aliphatic carboxylic acids is 1. The van der Waals surface area contributed by atoms with Gasteiger partial charge in [0.05, 0.1) is 13.2 Å². The summed E-state index contributed by atoms with van der Waals surface area (Å²) in [6, 6.07) is -1.53. The van der Waals surface area contributed by atoms with Crippen molar-refractivity contribution in [3.8, 4) is 0 Å². The minimum Gasteiger partial charge on any atom is -0.480 e. The third kappa shape index (κ3) is 20.4. The predicted molar refractivity (Wildman–Crippen MR) is 130 cm³/mol. The molecule has 0 fully saturated rings. The molecule has 12 heteroatoms. The summed E-state index contributed by atoms with van der Waals surface area (Å²) in [5, 5.41) is 21.1. The molecule has 35 heavy (non-hydrogen) atoms. The van der Waals surface area contributed by atoms with E-state index in [4.69, 9.17) is 0 Å². The van der Waals surface area contributed by atoms with Crippen molar-refractivity contribution in [2.24, 2.45) is 0 Å². The number of carboxylic acid groups (broad SMARTS) is 1. The van der Waals surface area contributed by atoms with Gasteiger partial charge < -0.3 is 25.2 Å². The monoisotopic (exact) mass is 525 g/mol. The fourth-order valence-corrected chi connectivity index (χ4v) is 3.89. The number of rotatable bonds is 23. The van der Waals surface area contributed by atoms with Gasteiger partial charge in [0.15, 0.2) is 6.04 Å². The summed E-state index contributed by atoms with van der Waals surface area (Å²) < 4.78 is 25.8. The molecule has 0 aromatic heterocycles. The maximum atomic E-state index is 12.0. The van der Waals surface area contributed by atoms with Gasteiger partial charge in [-0.25, -0.2) is 9.36 Å². The molecular formula is C23H44NO10P. The molecule has 0 rings (SSSR count). The van der Waals surface area contributed by atoms with Crippen LogP contribution in [0.25, 0.3) is 0 Å². The number of nitrogens with one attached hydrogen (secondary N) is 1. The van der Waals surface area contributed by atoms with E-state index in [1.165, 1.54) is 44.9 Å².